The molecule has 1 unspecified atom stereocenters. The highest BCUT2D eigenvalue weighted by molar-refractivity contribution is 7.91. The smallest absolute Gasteiger partial charge is 0.335 e. The third-order valence-electron chi connectivity index (χ3n) is 3.48. The van der Waals surface area contributed by atoms with Crippen LogP contribution in [0.5, 0.6) is 5.75 Å². The molecule has 0 aromatic heterocycles. The van der Waals surface area contributed by atoms with E-state index in [9.17, 15) is 13.2 Å². The Labute approximate surface area is 123 Å². The largest absolute Gasteiger partial charge is 0.495 e. The average Bonchev–Trinajstić information content (AvgIpc) is 2.98. The van der Waals surface area contributed by atoms with Gasteiger partial charge in [0.05, 0.1) is 24.5 Å². The number of hydrogen-bond acceptors (Lipinski definition) is 5. The number of benzene rings is 1. The third-order valence-corrected chi connectivity index (χ3v) is 5.24. The Hall–Kier alpha value is -1.60. The van der Waals surface area contributed by atoms with Crippen LogP contribution < -0.4 is 4.74 Å². The number of sulfone groups is 1. The molecule has 116 valence electrons. The van der Waals surface area contributed by atoms with Crippen molar-refractivity contribution in [3.8, 4) is 5.75 Å². The van der Waals surface area contributed by atoms with E-state index in [0.717, 1.165) is 18.9 Å². The van der Waals surface area contributed by atoms with Crippen molar-refractivity contribution >= 4 is 15.8 Å². The average molecular weight is 314 g/mol. The fourth-order valence-electron chi connectivity index (χ4n) is 2.32. The topological polar surface area (TPSA) is 89.9 Å². The van der Waals surface area contributed by atoms with Crippen molar-refractivity contribution in [1.82, 2.24) is 0 Å². The first kappa shape index (κ1) is 15.8. The second-order valence-corrected chi connectivity index (χ2v) is 6.99. The fraction of sp³-hybridized carbons (Fsp3) is 0.500. The zero-order chi connectivity index (χ0) is 15.5. The van der Waals surface area contributed by atoms with E-state index in [2.05, 4.69) is 0 Å². The molecule has 0 spiro atoms. The van der Waals surface area contributed by atoms with Gasteiger partial charge in [-0.25, -0.2) is 13.2 Å². The van der Waals surface area contributed by atoms with Crippen molar-refractivity contribution in [2.24, 2.45) is 0 Å². The summed E-state index contributed by atoms with van der Waals surface area (Å²) in [5.74, 6) is -1.10. The molecule has 1 atom stereocenters. The van der Waals surface area contributed by atoms with Gasteiger partial charge in [0.25, 0.3) is 0 Å². The summed E-state index contributed by atoms with van der Waals surface area (Å²) in [7, 11) is -2.26. The van der Waals surface area contributed by atoms with Gasteiger partial charge in [-0.1, -0.05) is 0 Å². The fourth-order valence-corrected chi connectivity index (χ4v) is 3.88. The Balaban J connectivity index is 2.24. The van der Waals surface area contributed by atoms with Crippen molar-refractivity contribution in [3.63, 3.8) is 0 Å². The lowest BCUT2D eigenvalue weighted by Crippen LogP contribution is -2.15. The highest BCUT2D eigenvalue weighted by atomic mass is 32.2. The zero-order valence-corrected chi connectivity index (χ0v) is 12.6. The van der Waals surface area contributed by atoms with Crippen LogP contribution in [0.25, 0.3) is 0 Å². The number of carboxylic acid groups (broad SMARTS) is 1. The van der Waals surface area contributed by atoms with Gasteiger partial charge in [0.1, 0.15) is 10.6 Å². The second-order valence-electron chi connectivity index (χ2n) is 4.91. The van der Waals surface area contributed by atoms with Gasteiger partial charge in [0.2, 0.25) is 0 Å². The summed E-state index contributed by atoms with van der Waals surface area (Å²) in [6.07, 6.45) is 2.18. The monoisotopic (exact) mass is 314 g/mol. The number of rotatable bonds is 6. The van der Waals surface area contributed by atoms with Crippen molar-refractivity contribution in [2.45, 2.75) is 30.3 Å². The maximum Gasteiger partial charge on any atom is 0.335 e. The van der Waals surface area contributed by atoms with E-state index in [-0.39, 0.29) is 28.1 Å². The molecule has 0 saturated carbocycles. The van der Waals surface area contributed by atoms with E-state index in [4.69, 9.17) is 14.6 Å². The molecule has 0 bridgehead atoms. The molecule has 0 amide bonds. The quantitative estimate of drug-likeness (QED) is 0.860. The standard InChI is InChI=1S/C14H18O6S/c1-19-12-5-4-10(14(15)16)9-13(12)21(17,18)8-6-11-3-2-7-20-11/h4-5,9,11H,2-3,6-8H2,1H3,(H,15,16). The van der Waals surface area contributed by atoms with Gasteiger partial charge >= 0.3 is 5.97 Å². The molecule has 0 radical (unpaired) electrons. The first-order chi connectivity index (χ1) is 9.94. The number of aromatic carboxylic acids is 1. The molecule has 1 aliphatic heterocycles. The van der Waals surface area contributed by atoms with E-state index in [1.54, 1.807) is 0 Å². The van der Waals surface area contributed by atoms with E-state index < -0.39 is 15.8 Å². The first-order valence-corrected chi connectivity index (χ1v) is 8.35. The van der Waals surface area contributed by atoms with Gasteiger partial charge in [-0.2, -0.15) is 0 Å². The van der Waals surface area contributed by atoms with Crippen LogP contribution in [0.3, 0.4) is 0 Å². The molecule has 1 heterocycles. The lowest BCUT2D eigenvalue weighted by molar-refractivity contribution is 0.0696. The highest BCUT2D eigenvalue weighted by Gasteiger charge is 2.24. The van der Waals surface area contributed by atoms with E-state index >= 15 is 0 Å². The molecular weight excluding hydrogens is 296 g/mol. The molecule has 1 aliphatic rings. The number of carboxylic acids is 1. The Morgan fingerprint density at radius 2 is 2.24 bits per heavy atom. The summed E-state index contributed by atoms with van der Waals surface area (Å²) in [6.45, 7) is 0.669. The maximum absolute atomic E-state index is 12.4. The van der Waals surface area contributed by atoms with Crippen LogP contribution in [0, 0.1) is 0 Å². The summed E-state index contributed by atoms with van der Waals surface area (Å²) < 4.78 is 35.3. The van der Waals surface area contributed by atoms with Gasteiger partial charge < -0.3 is 14.6 Å². The Morgan fingerprint density at radius 1 is 1.48 bits per heavy atom. The molecule has 1 N–H and O–H groups in total. The van der Waals surface area contributed by atoms with E-state index in [1.807, 2.05) is 0 Å². The summed E-state index contributed by atoms with van der Waals surface area (Å²) in [5.41, 5.74) is -0.0773. The zero-order valence-electron chi connectivity index (χ0n) is 11.7. The predicted octanol–water partition coefficient (Wildman–Crippen LogP) is 1.74. The van der Waals surface area contributed by atoms with Crippen LogP contribution in [-0.4, -0.2) is 45.1 Å². The number of ether oxygens (including phenoxy) is 2. The van der Waals surface area contributed by atoms with Crippen LogP contribution in [0.1, 0.15) is 29.6 Å². The summed E-state index contributed by atoms with van der Waals surface area (Å²) >= 11 is 0. The Kier molecular flexibility index (Phi) is 4.84. The molecular formula is C14H18O6S. The first-order valence-electron chi connectivity index (χ1n) is 6.70. The van der Waals surface area contributed by atoms with Crippen molar-refractivity contribution in [3.05, 3.63) is 23.8 Å². The van der Waals surface area contributed by atoms with Crippen molar-refractivity contribution < 1.29 is 27.8 Å². The molecule has 6 nitrogen and oxygen atoms in total. The van der Waals surface area contributed by atoms with Crippen LogP contribution in [0.15, 0.2) is 23.1 Å². The number of hydrogen-bond donors (Lipinski definition) is 1. The Bertz CT molecular complexity index is 616. The van der Waals surface area contributed by atoms with Gasteiger partial charge in [0.15, 0.2) is 9.84 Å². The van der Waals surface area contributed by atoms with E-state index in [1.165, 1.54) is 19.2 Å². The van der Waals surface area contributed by atoms with Crippen LogP contribution in [0.4, 0.5) is 0 Å². The molecule has 1 aromatic carbocycles. The number of carbonyl (C=O) groups is 1. The normalized spacial score (nSPS) is 18.6. The van der Waals surface area contributed by atoms with Gasteiger partial charge in [-0.15, -0.1) is 0 Å². The second kappa shape index (κ2) is 6.44. The summed E-state index contributed by atoms with van der Waals surface area (Å²) in [5, 5.41) is 8.99. The Morgan fingerprint density at radius 3 is 2.81 bits per heavy atom. The van der Waals surface area contributed by atoms with Gasteiger partial charge in [-0.3, -0.25) is 0 Å². The van der Waals surface area contributed by atoms with Gasteiger partial charge in [-0.05, 0) is 37.5 Å². The molecule has 21 heavy (non-hydrogen) atoms. The van der Waals surface area contributed by atoms with Crippen molar-refractivity contribution in [1.29, 1.82) is 0 Å². The lowest BCUT2D eigenvalue weighted by Gasteiger charge is -2.12. The van der Waals surface area contributed by atoms with Crippen LogP contribution >= 0.6 is 0 Å². The summed E-state index contributed by atoms with van der Waals surface area (Å²) in [6, 6.07) is 3.83. The van der Waals surface area contributed by atoms with Gasteiger partial charge in [0, 0.05) is 6.61 Å². The molecule has 1 aromatic rings. The third kappa shape index (κ3) is 3.74. The number of methoxy groups -OCH3 is 1. The minimum atomic E-state index is -3.61. The van der Waals surface area contributed by atoms with Crippen molar-refractivity contribution in [2.75, 3.05) is 19.5 Å². The SMILES string of the molecule is COc1ccc(C(=O)O)cc1S(=O)(=O)CCC1CCCO1. The molecule has 2 rings (SSSR count). The molecule has 0 aliphatic carbocycles. The van der Waals surface area contributed by atoms with E-state index in [0.29, 0.717) is 13.0 Å². The highest BCUT2D eigenvalue weighted by Crippen LogP contribution is 2.27. The molecule has 7 heteroatoms. The summed E-state index contributed by atoms with van der Waals surface area (Å²) in [4.78, 5) is 10.9. The van der Waals surface area contributed by atoms with Crippen LogP contribution in [0.2, 0.25) is 0 Å². The molecule has 1 fully saturated rings. The predicted molar refractivity (Wildman–Crippen MR) is 75.6 cm³/mol. The maximum atomic E-state index is 12.4. The lowest BCUT2D eigenvalue weighted by atomic mass is 10.2. The minimum absolute atomic E-state index is 0.0339. The molecule has 1 saturated heterocycles. The minimum Gasteiger partial charge on any atom is -0.495 e. The van der Waals surface area contributed by atoms with Crippen LogP contribution in [-0.2, 0) is 14.6 Å².